The highest BCUT2D eigenvalue weighted by Crippen LogP contribution is 2.13. The lowest BCUT2D eigenvalue weighted by Gasteiger charge is -2.10. The van der Waals surface area contributed by atoms with Crippen molar-refractivity contribution in [3.8, 4) is 0 Å². The third-order valence-electron chi connectivity index (χ3n) is 1.89. The SMILES string of the molecule is C=C(C)/C=C\C(C[C@H](N)CCl)=C(C)C. The lowest BCUT2D eigenvalue weighted by atomic mass is 10.0. The van der Waals surface area contributed by atoms with E-state index in [0.717, 1.165) is 12.0 Å². The molecule has 0 rings (SSSR count). The molecular formula is C12H20ClN. The largest absolute Gasteiger partial charge is 0.326 e. The number of hydrogen-bond donors (Lipinski definition) is 1. The van der Waals surface area contributed by atoms with Gasteiger partial charge in [-0.3, -0.25) is 0 Å². The highest BCUT2D eigenvalue weighted by molar-refractivity contribution is 6.18. The molecule has 0 aromatic carbocycles. The molecule has 0 radical (unpaired) electrons. The van der Waals surface area contributed by atoms with Crippen molar-refractivity contribution in [1.29, 1.82) is 0 Å². The molecule has 2 heteroatoms. The van der Waals surface area contributed by atoms with Crippen molar-refractivity contribution in [2.75, 3.05) is 5.88 Å². The maximum absolute atomic E-state index is 5.80. The van der Waals surface area contributed by atoms with Crippen LogP contribution in [0.4, 0.5) is 0 Å². The zero-order valence-electron chi connectivity index (χ0n) is 9.31. The van der Waals surface area contributed by atoms with E-state index in [1.165, 1.54) is 11.1 Å². The third kappa shape index (κ3) is 6.01. The first-order valence-electron chi connectivity index (χ1n) is 4.78. The number of allylic oxidation sites excluding steroid dienone is 4. The minimum atomic E-state index is 0.0383. The summed E-state index contributed by atoms with van der Waals surface area (Å²) >= 11 is 5.67. The van der Waals surface area contributed by atoms with Gasteiger partial charge in [-0.25, -0.2) is 0 Å². The number of rotatable bonds is 5. The van der Waals surface area contributed by atoms with Gasteiger partial charge in [-0.1, -0.05) is 29.9 Å². The third-order valence-corrected chi connectivity index (χ3v) is 2.29. The Balaban J connectivity index is 4.49. The Morgan fingerprint density at radius 3 is 2.29 bits per heavy atom. The van der Waals surface area contributed by atoms with E-state index in [2.05, 4.69) is 26.5 Å². The van der Waals surface area contributed by atoms with E-state index in [1.54, 1.807) is 0 Å². The quantitative estimate of drug-likeness (QED) is 0.550. The Bertz CT molecular complexity index is 247. The fourth-order valence-corrected chi connectivity index (χ4v) is 1.13. The van der Waals surface area contributed by atoms with Gasteiger partial charge in [-0.15, -0.1) is 11.6 Å². The van der Waals surface area contributed by atoms with Gasteiger partial charge in [-0.2, -0.15) is 0 Å². The molecular weight excluding hydrogens is 194 g/mol. The summed E-state index contributed by atoms with van der Waals surface area (Å²) in [5.41, 5.74) is 9.37. The van der Waals surface area contributed by atoms with Crippen LogP contribution >= 0.6 is 11.6 Å². The monoisotopic (exact) mass is 213 g/mol. The van der Waals surface area contributed by atoms with Crippen LogP contribution in [0.15, 0.2) is 35.5 Å². The van der Waals surface area contributed by atoms with Crippen molar-refractivity contribution in [2.45, 2.75) is 33.2 Å². The highest BCUT2D eigenvalue weighted by atomic mass is 35.5. The topological polar surface area (TPSA) is 26.0 Å². The van der Waals surface area contributed by atoms with Crippen molar-refractivity contribution in [1.82, 2.24) is 0 Å². The van der Waals surface area contributed by atoms with Crippen LogP contribution < -0.4 is 5.73 Å². The van der Waals surface area contributed by atoms with E-state index in [9.17, 15) is 0 Å². The molecule has 0 aromatic rings. The predicted molar refractivity (Wildman–Crippen MR) is 65.6 cm³/mol. The van der Waals surface area contributed by atoms with E-state index < -0.39 is 0 Å². The molecule has 0 bridgehead atoms. The number of nitrogens with two attached hydrogens (primary N) is 1. The molecule has 14 heavy (non-hydrogen) atoms. The van der Waals surface area contributed by atoms with Gasteiger partial charge in [0.1, 0.15) is 0 Å². The van der Waals surface area contributed by atoms with E-state index in [4.69, 9.17) is 17.3 Å². The zero-order chi connectivity index (χ0) is 11.1. The summed E-state index contributed by atoms with van der Waals surface area (Å²) in [6.45, 7) is 9.96. The Hall–Kier alpha value is -0.530. The Kier molecular flexibility index (Phi) is 6.60. The van der Waals surface area contributed by atoms with Crippen LogP contribution in [0.3, 0.4) is 0 Å². The van der Waals surface area contributed by atoms with Crippen molar-refractivity contribution in [3.05, 3.63) is 35.5 Å². The van der Waals surface area contributed by atoms with Gasteiger partial charge in [0.05, 0.1) is 0 Å². The normalized spacial score (nSPS) is 12.9. The second-order valence-electron chi connectivity index (χ2n) is 3.82. The first-order valence-corrected chi connectivity index (χ1v) is 5.32. The van der Waals surface area contributed by atoms with Gasteiger partial charge in [0.15, 0.2) is 0 Å². The first kappa shape index (κ1) is 13.5. The minimum Gasteiger partial charge on any atom is -0.326 e. The summed E-state index contributed by atoms with van der Waals surface area (Å²) in [5, 5.41) is 0. The molecule has 0 aromatic heterocycles. The lowest BCUT2D eigenvalue weighted by molar-refractivity contribution is 0.742. The minimum absolute atomic E-state index is 0.0383. The number of halogens is 1. The molecule has 0 aliphatic carbocycles. The van der Waals surface area contributed by atoms with Crippen LogP contribution in [-0.4, -0.2) is 11.9 Å². The molecule has 0 spiro atoms. The molecule has 0 fully saturated rings. The number of hydrogen-bond acceptors (Lipinski definition) is 1. The standard InChI is InChI=1S/C12H20ClN/c1-9(2)5-6-11(10(3)4)7-12(14)8-13/h5-6,12H,1,7-8,14H2,2-4H3/b6-5-/t12-/m0/s1. The molecule has 0 aliphatic rings. The summed E-state index contributed by atoms with van der Waals surface area (Å²) in [6.07, 6.45) is 4.91. The van der Waals surface area contributed by atoms with Gasteiger partial charge in [0.2, 0.25) is 0 Å². The van der Waals surface area contributed by atoms with Crippen molar-refractivity contribution < 1.29 is 0 Å². The van der Waals surface area contributed by atoms with Crippen LogP contribution in [0.5, 0.6) is 0 Å². The molecule has 1 nitrogen and oxygen atoms in total. The fraction of sp³-hybridized carbons (Fsp3) is 0.500. The van der Waals surface area contributed by atoms with Crippen molar-refractivity contribution >= 4 is 11.6 Å². The van der Waals surface area contributed by atoms with E-state index >= 15 is 0 Å². The van der Waals surface area contributed by atoms with Crippen molar-refractivity contribution in [3.63, 3.8) is 0 Å². The van der Waals surface area contributed by atoms with Gasteiger partial charge in [-0.05, 0) is 32.8 Å². The summed E-state index contributed by atoms with van der Waals surface area (Å²) in [5.74, 6) is 0.498. The Morgan fingerprint density at radius 1 is 1.36 bits per heavy atom. The lowest BCUT2D eigenvalue weighted by Crippen LogP contribution is -2.22. The molecule has 0 amide bonds. The molecule has 80 valence electrons. The van der Waals surface area contributed by atoms with Gasteiger partial charge < -0.3 is 5.73 Å². The van der Waals surface area contributed by atoms with Crippen LogP contribution in [0, 0.1) is 0 Å². The average molecular weight is 214 g/mol. The van der Waals surface area contributed by atoms with Crippen molar-refractivity contribution in [2.24, 2.45) is 5.73 Å². The molecule has 0 unspecified atom stereocenters. The van der Waals surface area contributed by atoms with Gasteiger partial charge in [0, 0.05) is 11.9 Å². The number of alkyl halides is 1. The summed E-state index contributed by atoms with van der Waals surface area (Å²) in [4.78, 5) is 0. The second-order valence-corrected chi connectivity index (χ2v) is 4.13. The molecule has 0 saturated carbocycles. The van der Waals surface area contributed by atoms with Crippen LogP contribution in [-0.2, 0) is 0 Å². The predicted octanol–water partition coefficient (Wildman–Crippen LogP) is 3.41. The maximum Gasteiger partial charge on any atom is 0.0378 e. The van der Waals surface area contributed by atoms with Crippen LogP contribution in [0.2, 0.25) is 0 Å². The average Bonchev–Trinajstić information content (AvgIpc) is 2.10. The van der Waals surface area contributed by atoms with Crippen LogP contribution in [0.1, 0.15) is 27.2 Å². The molecule has 0 aliphatic heterocycles. The smallest absolute Gasteiger partial charge is 0.0378 e. The molecule has 0 saturated heterocycles. The zero-order valence-corrected chi connectivity index (χ0v) is 10.1. The highest BCUT2D eigenvalue weighted by Gasteiger charge is 2.03. The van der Waals surface area contributed by atoms with Crippen LogP contribution in [0.25, 0.3) is 0 Å². The van der Waals surface area contributed by atoms with E-state index in [1.807, 2.05) is 13.0 Å². The first-order chi connectivity index (χ1) is 6.47. The summed E-state index contributed by atoms with van der Waals surface area (Å²) < 4.78 is 0. The van der Waals surface area contributed by atoms with Gasteiger partial charge >= 0.3 is 0 Å². The summed E-state index contributed by atoms with van der Waals surface area (Å²) in [7, 11) is 0. The van der Waals surface area contributed by atoms with Gasteiger partial charge in [0.25, 0.3) is 0 Å². The maximum atomic E-state index is 5.80. The summed E-state index contributed by atoms with van der Waals surface area (Å²) in [6, 6.07) is 0.0383. The Morgan fingerprint density at radius 2 is 1.93 bits per heavy atom. The Labute approximate surface area is 92.3 Å². The molecule has 2 N–H and O–H groups in total. The fourth-order valence-electron chi connectivity index (χ4n) is 1.02. The van der Waals surface area contributed by atoms with E-state index in [0.29, 0.717) is 5.88 Å². The van der Waals surface area contributed by atoms with E-state index in [-0.39, 0.29) is 6.04 Å². The molecule has 0 heterocycles. The molecule has 1 atom stereocenters. The second kappa shape index (κ2) is 6.86.